The molecule has 1 aliphatic rings. The van der Waals surface area contributed by atoms with E-state index in [9.17, 15) is 32.0 Å². The summed E-state index contributed by atoms with van der Waals surface area (Å²) >= 11 is 0. The SMILES string of the molecule is CC(NC(=O)c1cc(C(F)(F)F)cc(C2(C#N)CC2)c1)c1nccnc1-c1ccc(OC(F)F)cn1. The van der Waals surface area contributed by atoms with Crippen LogP contribution in [0.1, 0.15) is 53.0 Å². The number of nitrogens with one attached hydrogen (secondary N) is 1. The van der Waals surface area contributed by atoms with Gasteiger partial charge in [0.2, 0.25) is 0 Å². The normalized spacial score (nSPS) is 15.2. The Kier molecular flexibility index (Phi) is 6.58. The summed E-state index contributed by atoms with van der Waals surface area (Å²) < 4.78 is 69.6. The topological polar surface area (TPSA) is 101 Å². The number of hydrogen-bond acceptors (Lipinski definition) is 6. The Bertz CT molecular complexity index is 1320. The van der Waals surface area contributed by atoms with Gasteiger partial charge in [-0.1, -0.05) is 0 Å². The average molecular weight is 503 g/mol. The largest absolute Gasteiger partial charge is 0.433 e. The minimum atomic E-state index is -4.70. The van der Waals surface area contributed by atoms with Crippen molar-refractivity contribution in [1.29, 1.82) is 5.26 Å². The Balaban J connectivity index is 1.61. The number of alkyl halides is 5. The van der Waals surface area contributed by atoms with E-state index in [0.717, 1.165) is 18.3 Å². The molecule has 2 aromatic heterocycles. The number of nitrogens with zero attached hydrogens (tertiary/aromatic N) is 4. The lowest BCUT2D eigenvalue weighted by molar-refractivity contribution is -0.137. The van der Waals surface area contributed by atoms with E-state index in [4.69, 9.17) is 0 Å². The summed E-state index contributed by atoms with van der Waals surface area (Å²) in [6, 6.07) is 6.82. The number of benzene rings is 1. The highest BCUT2D eigenvalue weighted by Crippen LogP contribution is 2.49. The molecule has 1 saturated carbocycles. The minimum absolute atomic E-state index is 0.146. The molecule has 1 amide bonds. The minimum Gasteiger partial charge on any atom is -0.433 e. The Morgan fingerprint density at radius 1 is 1.14 bits per heavy atom. The number of aromatic nitrogens is 3. The lowest BCUT2D eigenvalue weighted by atomic mass is 9.93. The molecule has 12 heteroatoms. The van der Waals surface area contributed by atoms with E-state index in [0.29, 0.717) is 12.8 Å². The zero-order valence-corrected chi connectivity index (χ0v) is 18.7. The van der Waals surface area contributed by atoms with Crippen LogP contribution in [0.2, 0.25) is 0 Å². The summed E-state index contributed by atoms with van der Waals surface area (Å²) in [7, 11) is 0. The van der Waals surface area contributed by atoms with Gasteiger partial charge in [0.1, 0.15) is 11.4 Å². The molecule has 7 nitrogen and oxygen atoms in total. The maximum absolute atomic E-state index is 13.5. The van der Waals surface area contributed by atoms with Crippen LogP contribution in [0.3, 0.4) is 0 Å². The molecule has 1 N–H and O–H groups in total. The van der Waals surface area contributed by atoms with Crippen molar-refractivity contribution in [3.63, 3.8) is 0 Å². The van der Waals surface area contributed by atoms with Gasteiger partial charge in [-0.3, -0.25) is 19.7 Å². The smallest absolute Gasteiger partial charge is 0.416 e. The predicted molar refractivity (Wildman–Crippen MR) is 116 cm³/mol. The molecule has 0 spiro atoms. The molecular weight excluding hydrogens is 485 g/mol. The van der Waals surface area contributed by atoms with E-state index in [1.54, 1.807) is 6.92 Å². The number of ether oxygens (including phenoxy) is 1. The van der Waals surface area contributed by atoms with Crippen molar-refractivity contribution in [1.82, 2.24) is 20.3 Å². The molecule has 0 aliphatic heterocycles. The van der Waals surface area contributed by atoms with E-state index in [2.05, 4.69) is 25.0 Å². The highest BCUT2D eigenvalue weighted by Gasteiger charge is 2.46. The molecule has 0 bridgehead atoms. The molecule has 1 fully saturated rings. The lowest BCUT2D eigenvalue weighted by Crippen LogP contribution is -2.28. The molecule has 4 rings (SSSR count). The molecule has 36 heavy (non-hydrogen) atoms. The van der Waals surface area contributed by atoms with Gasteiger partial charge in [-0.25, -0.2) is 0 Å². The zero-order chi connectivity index (χ0) is 26.1. The van der Waals surface area contributed by atoms with Crippen molar-refractivity contribution < 1.29 is 31.5 Å². The fourth-order valence-electron chi connectivity index (χ4n) is 3.69. The molecule has 0 saturated heterocycles. The predicted octanol–water partition coefficient (Wildman–Crippen LogP) is 5.20. The monoisotopic (exact) mass is 503 g/mol. The van der Waals surface area contributed by atoms with Gasteiger partial charge in [-0.15, -0.1) is 0 Å². The summed E-state index contributed by atoms with van der Waals surface area (Å²) in [6.45, 7) is -1.45. The molecule has 186 valence electrons. The van der Waals surface area contributed by atoms with Crippen LogP contribution in [0.25, 0.3) is 11.4 Å². The summed E-state index contributed by atoms with van der Waals surface area (Å²) in [5.74, 6) is -0.958. The van der Waals surface area contributed by atoms with Gasteiger partial charge >= 0.3 is 12.8 Å². The lowest BCUT2D eigenvalue weighted by Gasteiger charge is -2.18. The summed E-state index contributed by atoms with van der Waals surface area (Å²) in [5, 5.41) is 12.0. The Morgan fingerprint density at radius 2 is 1.86 bits per heavy atom. The van der Waals surface area contributed by atoms with Gasteiger partial charge in [0.05, 0.1) is 40.7 Å². The van der Waals surface area contributed by atoms with E-state index >= 15 is 0 Å². The fourth-order valence-corrected chi connectivity index (χ4v) is 3.69. The fraction of sp³-hybridized carbons (Fsp3) is 0.292. The third-order valence-electron chi connectivity index (χ3n) is 5.73. The van der Waals surface area contributed by atoms with Crippen LogP contribution in [-0.2, 0) is 11.6 Å². The van der Waals surface area contributed by atoms with Crippen LogP contribution in [-0.4, -0.2) is 27.5 Å². The standard InChI is InChI=1S/C24H18F5N5O2/c1-13(19-20(32-7-6-31-19)18-3-2-17(11-33-18)36-22(25)26)34-21(35)14-8-15(23(12-30)4-5-23)10-16(9-14)24(27,28)29/h2-3,6-11,13,22H,4-5H2,1H3,(H,34,35). The van der Waals surface area contributed by atoms with Gasteiger partial charge in [0, 0.05) is 18.0 Å². The molecule has 3 aromatic rings. The maximum Gasteiger partial charge on any atom is 0.416 e. The van der Waals surface area contributed by atoms with Gasteiger partial charge < -0.3 is 10.1 Å². The summed E-state index contributed by atoms with van der Waals surface area (Å²) in [6.07, 6.45) is -0.0578. The first-order valence-electron chi connectivity index (χ1n) is 10.7. The van der Waals surface area contributed by atoms with Gasteiger partial charge in [0.25, 0.3) is 5.91 Å². The van der Waals surface area contributed by atoms with Crippen molar-refractivity contribution in [3.8, 4) is 23.2 Å². The van der Waals surface area contributed by atoms with Crippen molar-refractivity contribution >= 4 is 5.91 Å². The van der Waals surface area contributed by atoms with Crippen LogP contribution in [0, 0.1) is 11.3 Å². The average Bonchev–Trinajstić information content (AvgIpc) is 3.65. The number of carbonyl (C=O) groups excluding carboxylic acids is 1. The van der Waals surface area contributed by atoms with E-state index in [-0.39, 0.29) is 34.0 Å². The molecule has 1 aliphatic carbocycles. The summed E-state index contributed by atoms with van der Waals surface area (Å²) in [4.78, 5) is 25.4. The third-order valence-corrected chi connectivity index (χ3v) is 5.73. The molecule has 1 atom stereocenters. The van der Waals surface area contributed by atoms with Crippen LogP contribution in [0.5, 0.6) is 5.75 Å². The quantitative estimate of drug-likeness (QED) is 0.445. The first kappa shape index (κ1) is 25.0. The van der Waals surface area contributed by atoms with Crippen molar-refractivity contribution in [2.75, 3.05) is 0 Å². The first-order valence-corrected chi connectivity index (χ1v) is 10.7. The van der Waals surface area contributed by atoms with Gasteiger partial charge in [-0.2, -0.15) is 27.2 Å². The highest BCUT2D eigenvalue weighted by atomic mass is 19.4. The number of halogens is 5. The van der Waals surface area contributed by atoms with Crippen molar-refractivity contribution in [2.45, 2.75) is 44.0 Å². The molecular formula is C24H18F5N5O2. The second-order valence-electron chi connectivity index (χ2n) is 8.23. The Hall–Kier alpha value is -4.14. The Labute approximate surface area is 202 Å². The molecule has 1 aromatic carbocycles. The van der Waals surface area contributed by atoms with Crippen LogP contribution >= 0.6 is 0 Å². The first-order chi connectivity index (χ1) is 17.0. The highest BCUT2D eigenvalue weighted by molar-refractivity contribution is 5.95. The number of rotatable bonds is 7. The van der Waals surface area contributed by atoms with E-state index in [1.165, 1.54) is 30.6 Å². The number of pyridine rings is 1. The van der Waals surface area contributed by atoms with Crippen molar-refractivity contribution in [2.24, 2.45) is 0 Å². The third kappa shape index (κ3) is 5.25. The number of hydrogen-bond donors (Lipinski definition) is 1. The van der Waals surface area contributed by atoms with Crippen LogP contribution in [0.15, 0.2) is 48.9 Å². The molecule has 1 unspecified atom stereocenters. The molecule has 2 heterocycles. The van der Waals surface area contributed by atoms with E-state index < -0.39 is 35.7 Å². The number of carbonyl (C=O) groups is 1. The van der Waals surface area contributed by atoms with Crippen LogP contribution in [0.4, 0.5) is 22.0 Å². The molecule has 0 radical (unpaired) electrons. The second kappa shape index (κ2) is 9.49. The number of nitriles is 1. The maximum atomic E-state index is 13.5. The second-order valence-corrected chi connectivity index (χ2v) is 8.23. The number of amides is 1. The van der Waals surface area contributed by atoms with E-state index in [1.807, 2.05) is 6.07 Å². The van der Waals surface area contributed by atoms with Gasteiger partial charge in [-0.05, 0) is 55.7 Å². The van der Waals surface area contributed by atoms with Crippen LogP contribution < -0.4 is 10.1 Å². The van der Waals surface area contributed by atoms with Gasteiger partial charge in [0.15, 0.2) is 0 Å². The van der Waals surface area contributed by atoms with Crippen molar-refractivity contribution in [3.05, 3.63) is 71.3 Å². The zero-order valence-electron chi connectivity index (χ0n) is 18.7. The summed E-state index contributed by atoms with van der Waals surface area (Å²) in [5.41, 5.74) is -1.39. The Morgan fingerprint density at radius 3 is 2.44 bits per heavy atom.